The van der Waals surface area contributed by atoms with Crippen LogP contribution in [0.25, 0.3) is 16.5 Å². The van der Waals surface area contributed by atoms with E-state index >= 15 is 0 Å². The van der Waals surface area contributed by atoms with Gasteiger partial charge in [-0.1, -0.05) is 42.0 Å². The van der Waals surface area contributed by atoms with Crippen LogP contribution in [0.4, 0.5) is 0 Å². The number of pyridine rings is 1. The van der Waals surface area contributed by atoms with Crippen molar-refractivity contribution >= 4 is 22.4 Å². The first kappa shape index (κ1) is 25.9. The van der Waals surface area contributed by atoms with Crippen molar-refractivity contribution in [3.8, 4) is 0 Å². The number of carbonyl (C=O) groups is 1. The van der Waals surface area contributed by atoms with Crippen LogP contribution in [0.5, 0.6) is 0 Å². The Hall–Kier alpha value is -3.70. The predicted octanol–water partition coefficient (Wildman–Crippen LogP) is 7.18. The van der Waals surface area contributed by atoms with E-state index in [0.29, 0.717) is 0 Å². The summed E-state index contributed by atoms with van der Waals surface area (Å²) < 4.78 is 5.27. The maximum absolute atomic E-state index is 13.3. The summed E-state index contributed by atoms with van der Waals surface area (Å²) in [6, 6.07) is 21.1. The van der Waals surface area contributed by atoms with E-state index in [9.17, 15) is 4.79 Å². The van der Waals surface area contributed by atoms with Crippen LogP contribution >= 0.6 is 0 Å². The number of piperidine rings is 1. The van der Waals surface area contributed by atoms with Gasteiger partial charge in [0.15, 0.2) is 0 Å². The van der Waals surface area contributed by atoms with E-state index in [1.807, 2.05) is 41.6 Å². The number of nitrogens with zero attached hydrogens (tertiary/aromatic N) is 3. The molecule has 4 aromatic rings. The summed E-state index contributed by atoms with van der Waals surface area (Å²) in [6.45, 7) is 11.2. The molecule has 0 N–H and O–H groups in total. The summed E-state index contributed by atoms with van der Waals surface area (Å²) in [5, 5.41) is 1.14. The van der Waals surface area contributed by atoms with Crippen LogP contribution in [0.2, 0.25) is 0 Å². The molecule has 0 atom stereocenters. The zero-order valence-corrected chi connectivity index (χ0v) is 22.9. The highest BCUT2D eigenvalue weighted by Crippen LogP contribution is 2.36. The highest BCUT2D eigenvalue weighted by atomic mass is 16.3. The number of hydrogen-bond acceptors (Lipinski definition) is 4. The molecule has 38 heavy (non-hydrogen) atoms. The summed E-state index contributed by atoms with van der Waals surface area (Å²) in [5.74, 6) is 0.0788. The molecule has 5 rings (SSSR count). The van der Waals surface area contributed by atoms with Crippen LogP contribution < -0.4 is 0 Å². The molecule has 0 spiro atoms. The van der Waals surface area contributed by atoms with Gasteiger partial charge >= 0.3 is 0 Å². The molecule has 0 unspecified atom stereocenters. The second-order valence-corrected chi connectivity index (χ2v) is 10.7. The highest BCUT2D eigenvalue weighted by molar-refractivity contribution is 5.98. The molecule has 0 bridgehead atoms. The Morgan fingerprint density at radius 1 is 0.921 bits per heavy atom. The van der Waals surface area contributed by atoms with Gasteiger partial charge in [0.05, 0.1) is 18.0 Å². The Morgan fingerprint density at radius 3 is 2.26 bits per heavy atom. The molecule has 1 amide bonds. The molecule has 0 aliphatic carbocycles. The molecular weight excluding hydrogens is 470 g/mol. The van der Waals surface area contributed by atoms with Gasteiger partial charge in [-0.05, 0) is 75.9 Å². The lowest BCUT2D eigenvalue weighted by atomic mass is 9.87. The first-order valence-electron chi connectivity index (χ1n) is 13.6. The Kier molecular flexibility index (Phi) is 7.75. The van der Waals surface area contributed by atoms with E-state index in [-0.39, 0.29) is 18.0 Å². The van der Waals surface area contributed by atoms with Crippen LogP contribution in [-0.2, 0) is 6.54 Å². The first-order chi connectivity index (χ1) is 18.4. The monoisotopic (exact) mass is 507 g/mol. The standard InChI is InChI=1S/C33H37N3O2/c1-23(2)36(24(3)4)33(37)29-12-10-26(11-13-29)31(30-9-5-7-28-8-6-17-34-32(28)30)27-14-18-35(19-15-27)21-25-16-20-38-22-25/h5-13,16-17,20,22-24H,14-15,18-19,21H2,1-4H3. The zero-order chi connectivity index (χ0) is 26.6. The fourth-order valence-corrected chi connectivity index (χ4v) is 5.72. The van der Waals surface area contributed by atoms with Gasteiger partial charge in [-0.3, -0.25) is 14.7 Å². The third kappa shape index (κ3) is 5.44. The minimum Gasteiger partial charge on any atom is -0.472 e. The fraction of sp³-hybridized carbons (Fsp3) is 0.333. The third-order valence-corrected chi connectivity index (χ3v) is 7.47. The van der Waals surface area contributed by atoms with Gasteiger partial charge in [-0.15, -0.1) is 0 Å². The Morgan fingerprint density at radius 2 is 1.61 bits per heavy atom. The molecule has 1 saturated heterocycles. The Labute approximate surface area is 225 Å². The Bertz CT molecular complexity index is 1400. The van der Waals surface area contributed by atoms with E-state index in [4.69, 9.17) is 9.40 Å². The molecule has 5 heteroatoms. The number of furan rings is 1. The second kappa shape index (κ2) is 11.4. The molecule has 196 valence electrons. The molecule has 0 radical (unpaired) electrons. The number of para-hydroxylation sites is 1. The van der Waals surface area contributed by atoms with Crippen molar-refractivity contribution in [3.05, 3.63) is 107 Å². The molecular formula is C33H37N3O2. The number of carbonyl (C=O) groups excluding carboxylic acids is 1. The fourth-order valence-electron chi connectivity index (χ4n) is 5.72. The van der Waals surface area contributed by atoms with Gasteiger partial charge in [0.1, 0.15) is 0 Å². The molecule has 1 aliphatic heterocycles. The van der Waals surface area contributed by atoms with Gasteiger partial charge < -0.3 is 9.32 Å². The first-order valence-corrected chi connectivity index (χ1v) is 13.6. The largest absolute Gasteiger partial charge is 0.472 e. The number of aromatic nitrogens is 1. The maximum Gasteiger partial charge on any atom is 0.254 e. The van der Waals surface area contributed by atoms with Crippen LogP contribution in [-0.4, -0.2) is 45.9 Å². The second-order valence-electron chi connectivity index (χ2n) is 10.7. The van der Waals surface area contributed by atoms with Crippen molar-refractivity contribution in [1.82, 2.24) is 14.8 Å². The smallest absolute Gasteiger partial charge is 0.254 e. The highest BCUT2D eigenvalue weighted by Gasteiger charge is 2.24. The third-order valence-electron chi connectivity index (χ3n) is 7.47. The molecule has 1 fully saturated rings. The minimum atomic E-state index is 0.0788. The lowest BCUT2D eigenvalue weighted by Gasteiger charge is -2.31. The van der Waals surface area contributed by atoms with E-state index < -0.39 is 0 Å². The molecule has 5 nitrogen and oxygen atoms in total. The van der Waals surface area contributed by atoms with Gasteiger partial charge in [-0.2, -0.15) is 0 Å². The van der Waals surface area contributed by atoms with Crippen molar-refractivity contribution in [1.29, 1.82) is 0 Å². The molecule has 0 saturated carbocycles. The van der Waals surface area contributed by atoms with Gasteiger partial charge in [0, 0.05) is 60.0 Å². The van der Waals surface area contributed by atoms with Crippen molar-refractivity contribution in [2.75, 3.05) is 13.1 Å². The molecule has 2 aromatic carbocycles. The number of fused-ring (bicyclic) bond motifs is 1. The van der Waals surface area contributed by atoms with Gasteiger partial charge in [-0.25, -0.2) is 0 Å². The number of rotatable bonds is 7. The average Bonchev–Trinajstić information content (AvgIpc) is 3.43. The Balaban J connectivity index is 1.51. The van der Waals surface area contributed by atoms with E-state index in [2.05, 4.69) is 69.0 Å². The number of likely N-dealkylation sites (tertiary alicyclic amines) is 1. The van der Waals surface area contributed by atoms with E-state index in [1.165, 1.54) is 16.7 Å². The van der Waals surface area contributed by atoms with Crippen molar-refractivity contribution in [2.24, 2.45) is 0 Å². The zero-order valence-electron chi connectivity index (χ0n) is 22.9. The average molecular weight is 508 g/mol. The topological polar surface area (TPSA) is 49.6 Å². The minimum absolute atomic E-state index is 0.0788. The van der Waals surface area contributed by atoms with Crippen molar-refractivity contribution in [2.45, 2.75) is 59.2 Å². The quantitative estimate of drug-likeness (QED) is 0.266. The number of amides is 1. The van der Waals surface area contributed by atoms with E-state index in [1.54, 1.807) is 6.26 Å². The predicted molar refractivity (Wildman–Crippen MR) is 154 cm³/mol. The summed E-state index contributed by atoms with van der Waals surface area (Å²) in [7, 11) is 0. The van der Waals surface area contributed by atoms with Gasteiger partial charge in [0.2, 0.25) is 0 Å². The van der Waals surface area contributed by atoms with Crippen LogP contribution in [0.15, 0.2) is 89.4 Å². The lowest BCUT2D eigenvalue weighted by molar-refractivity contribution is 0.0643. The van der Waals surface area contributed by atoms with Crippen LogP contribution in [0, 0.1) is 0 Å². The van der Waals surface area contributed by atoms with Crippen LogP contribution in [0.1, 0.15) is 67.6 Å². The number of hydrogen-bond donors (Lipinski definition) is 0. The normalized spacial score (nSPS) is 14.4. The van der Waals surface area contributed by atoms with Crippen LogP contribution in [0.3, 0.4) is 0 Å². The summed E-state index contributed by atoms with van der Waals surface area (Å²) in [5.41, 5.74) is 7.95. The SMILES string of the molecule is CC(C)N(C(=O)c1ccc(C(=C2CCN(Cc3ccoc3)CC2)c2cccc3cccnc23)cc1)C(C)C. The number of benzene rings is 2. The summed E-state index contributed by atoms with van der Waals surface area (Å²) in [6.07, 6.45) is 7.43. The summed E-state index contributed by atoms with van der Waals surface area (Å²) >= 11 is 0. The molecule has 1 aliphatic rings. The van der Waals surface area contributed by atoms with Crippen molar-refractivity contribution in [3.63, 3.8) is 0 Å². The molecule has 2 aromatic heterocycles. The summed E-state index contributed by atoms with van der Waals surface area (Å²) in [4.78, 5) is 22.5. The van der Waals surface area contributed by atoms with Gasteiger partial charge in [0.25, 0.3) is 5.91 Å². The van der Waals surface area contributed by atoms with E-state index in [0.717, 1.165) is 60.1 Å². The lowest BCUT2D eigenvalue weighted by Crippen LogP contribution is -2.42. The molecule has 3 heterocycles. The maximum atomic E-state index is 13.3. The van der Waals surface area contributed by atoms with Crippen molar-refractivity contribution < 1.29 is 9.21 Å².